The predicted octanol–water partition coefficient (Wildman–Crippen LogP) is 4.67. The molecule has 0 bridgehead atoms. The molecule has 0 aliphatic heterocycles. The van der Waals surface area contributed by atoms with Crippen LogP contribution in [0.4, 0.5) is 0 Å². The van der Waals surface area contributed by atoms with Gasteiger partial charge in [0.15, 0.2) is 0 Å². The van der Waals surface area contributed by atoms with Gasteiger partial charge in [0.1, 0.15) is 17.6 Å². The normalized spacial score (nSPS) is 15.1. The molecule has 0 spiro atoms. The van der Waals surface area contributed by atoms with E-state index >= 15 is 0 Å². The minimum atomic E-state index is -0.421. The van der Waals surface area contributed by atoms with E-state index in [1.807, 2.05) is 24.3 Å². The maximum Gasteiger partial charge on any atom is 0.306 e. The molecule has 0 saturated heterocycles. The molecule has 2 aromatic carbocycles. The van der Waals surface area contributed by atoms with Gasteiger partial charge in [0.25, 0.3) is 0 Å². The maximum absolute atomic E-state index is 12.3. The van der Waals surface area contributed by atoms with Gasteiger partial charge in [-0.15, -0.1) is 0 Å². The zero-order valence-electron chi connectivity index (χ0n) is 15.1. The highest BCUT2D eigenvalue weighted by Crippen LogP contribution is 2.38. The number of hydrogen-bond acceptors (Lipinski definition) is 4. The number of ether oxygens (including phenoxy) is 1. The molecule has 4 heteroatoms. The lowest BCUT2D eigenvalue weighted by molar-refractivity contribution is -0.149. The summed E-state index contributed by atoms with van der Waals surface area (Å²) in [6, 6.07) is 14.1. The van der Waals surface area contributed by atoms with Gasteiger partial charge in [0, 0.05) is 11.8 Å². The van der Waals surface area contributed by atoms with Gasteiger partial charge in [-0.3, -0.25) is 4.79 Å². The first kappa shape index (κ1) is 18.3. The smallest absolute Gasteiger partial charge is 0.306 e. The molecule has 1 aliphatic carbocycles. The van der Waals surface area contributed by atoms with Gasteiger partial charge < -0.3 is 14.9 Å². The zero-order valence-corrected chi connectivity index (χ0v) is 15.1. The fourth-order valence-corrected chi connectivity index (χ4v) is 3.72. The second kappa shape index (κ2) is 7.81. The zero-order chi connectivity index (χ0) is 18.6. The molecule has 0 unspecified atom stereocenters. The van der Waals surface area contributed by atoms with Gasteiger partial charge in [-0.1, -0.05) is 31.2 Å². The van der Waals surface area contributed by atoms with E-state index in [0.29, 0.717) is 12.8 Å². The summed E-state index contributed by atoms with van der Waals surface area (Å²) in [6.45, 7) is 2.08. The summed E-state index contributed by atoms with van der Waals surface area (Å²) in [7, 11) is 0. The molecule has 138 valence electrons. The molecular formula is C22H26O4. The van der Waals surface area contributed by atoms with Crippen molar-refractivity contribution in [2.75, 3.05) is 0 Å². The van der Waals surface area contributed by atoms with Crippen molar-refractivity contribution in [1.29, 1.82) is 0 Å². The molecule has 0 atom stereocenters. The molecule has 26 heavy (non-hydrogen) atoms. The van der Waals surface area contributed by atoms with Crippen molar-refractivity contribution in [2.24, 2.45) is 0 Å². The van der Waals surface area contributed by atoms with E-state index in [0.717, 1.165) is 36.8 Å². The van der Waals surface area contributed by atoms with Crippen molar-refractivity contribution in [1.82, 2.24) is 0 Å². The van der Waals surface area contributed by atoms with E-state index < -0.39 is 5.41 Å². The van der Waals surface area contributed by atoms with Gasteiger partial charge in [0.2, 0.25) is 0 Å². The predicted molar refractivity (Wildman–Crippen MR) is 100 cm³/mol. The highest BCUT2D eigenvalue weighted by Gasteiger charge is 2.30. The third-order valence-electron chi connectivity index (χ3n) is 5.44. The molecule has 0 aromatic heterocycles. The number of carbonyl (C=O) groups excluding carboxylic acids is 1. The van der Waals surface area contributed by atoms with E-state index in [2.05, 4.69) is 6.92 Å². The van der Waals surface area contributed by atoms with Crippen LogP contribution in [0.3, 0.4) is 0 Å². The van der Waals surface area contributed by atoms with Crippen molar-refractivity contribution in [3.63, 3.8) is 0 Å². The van der Waals surface area contributed by atoms with Crippen LogP contribution in [-0.4, -0.2) is 22.3 Å². The number of carbonyl (C=O) groups is 1. The van der Waals surface area contributed by atoms with Gasteiger partial charge in [0.05, 0.1) is 0 Å². The van der Waals surface area contributed by atoms with E-state index in [1.54, 1.807) is 24.3 Å². The Morgan fingerprint density at radius 3 is 1.88 bits per heavy atom. The monoisotopic (exact) mass is 354 g/mol. The number of phenols is 2. The van der Waals surface area contributed by atoms with Crippen LogP contribution in [0, 0.1) is 0 Å². The first-order valence-corrected chi connectivity index (χ1v) is 9.26. The lowest BCUT2D eigenvalue weighted by Crippen LogP contribution is -2.26. The van der Waals surface area contributed by atoms with Crippen LogP contribution < -0.4 is 0 Å². The van der Waals surface area contributed by atoms with Crippen LogP contribution in [-0.2, 0) is 14.9 Å². The molecular weight excluding hydrogens is 328 g/mol. The van der Waals surface area contributed by atoms with Gasteiger partial charge >= 0.3 is 5.97 Å². The third-order valence-corrected chi connectivity index (χ3v) is 5.44. The van der Waals surface area contributed by atoms with Crippen LogP contribution in [0.15, 0.2) is 48.5 Å². The van der Waals surface area contributed by atoms with Crippen molar-refractivity contribution in [3.05, 3.63) is 59.7 Å². The fourth-order valence-electron chi connectivity index (χ4n) is 3.72. The minimum absolute atomic E-state index is 0.0797. The fraction of sp³-hybridized carbons (Fsp3) is 0.409. The van der Waals surface area contributed by atoms with Gasteiger partial charge in [-0.2, -0.15) is 0 Å². The number of phenolic OH excluding ortho intramolecular Hbond substituents is 2. The van der Waals surface area contributed by atoms with Crippen molar-refractivity contribution < 1.29 is 19.7 Å². The second-order valence-corrected chi connectivity index (χ2v) is 7.32. The molecule has 0 amide bonds. The van der Waals surface area contributed by atoms with E-state index in [-0.39, 0.29) is 23.6 Å². The molecule has 2 aromatic rings. The SMILES string of the molecule is CC(CCC(=O)OC1CCCC1)(c1ccc(O)cc1)c1ccc(O)cc1. The first-order valence-electron chi connectivity index (χ1n) is 9.26. The number of rotatable bonds is 6. The molecule has 2 N–H and O–H groups in total. The van der Waals surface area contributed by atoms with Crippen LogP contribution >= 0.6 is 0 Å². The molecule has 0 radical (unpaired) electrons. The highest BCUT2D eigenvalue weighted by atomic mass is 16.5. The molecule has 1 fully saturated rings. The largest absolute Gasteiger partial charge is 0.508 e. The Hall–Kier alpha value is -2.49. The molecule has 0 heterocycles. The molecule has 3 rings (SSSR count). The third kappa shape index (κ3) is 4.18. The Balaban J connectivity index is 1.79. The summed E-state index contributed by atoms with van der Waals surface area (Å²) < 4.78 is 5.60. The Morgan fingerprint density at radius 2 is 1.42 bits per heavy atom. The van der Waals surface area contributed by atoms with E-state index in [1.165, 1.54) is 0 Å². The van der Waals surface area contributed by atoms with Gasteiger partial charge in [-0.05, 0) is 67.5 Å². The lowest BCUT2D eigenvalue weighted by Gasteiger charge is -2.31. The van der Waals surface area contributed by atoms with E-state index in [9.17, 15) is 15.0 Å². The molecule has 1 saturated carbocycles. The van der Waals surface area contributed by atoms with Gasteiger partial charge in [-0.25, -0.2) is 0 Å². The van der Waals surface area contributed by atoms with Crippen LogP contribution in [0.25, 0.3) is 0 Å². The summed E-state index contributed by atoms with van der Waals surface area (Å²) in [6.07, 6.45) is 5.21. The van der Waals surface area contributed by atoms with Crippen LogP contribution in [0.5, 0.6) is 11.5 Å². The number of esters is 1. The van der Waals surface area contributed by atoms with Crippen LogP contribution in [0.1, 0.15) is 56.6 Å². The maximum atomic E-state index is 12.3. The Morgan fingerprint density at radius 1 is 0.962 bits per heavy atom. The van der Waals surface area contributed by atoms with Crippen LogP contribution in [0.2, 0.25) is 0 Å². The standard InChI is InChI=1S/C22H26O4/c1-22(16-6-10-18(23)11-7-16,17-8-12-19(24)13-9-17)15-14-21(25)26-20-4-2-3-5-20/h6-13,20,23-24H,2-5,14-15H2,1H3. The highest BCUT2D eigenvalue weighted by molar-refractivity contribution is 5.70. The average Bonchev–Trinajstić information content (AvgIpc) is 3.14. The number of aromatic hydroxyl groups is 2. The Kier molecular flexibility index (Phi) is 5.50. The first-order chi connectivity index (χ1) is 12.5. The second-order valence-electron chi connectivity index (χ2n) is 7.32. The average molecular weight is 354 g/mol. The van der Waals surface area contributed by atoms with Crippen molar-refractivity contribution in [2.45, 2.75) is 57.0 Å². The minimum Gasteiger partial charge on any atom is -0.508 e. The lowest BCUT2D eigenvalue weighted by atomic mass is 9.73. The molecule has 1 aliphatic rings. The molecule has 4 nitrogen and oxygen atoms in total. The van der Waals surface area contributed by atoms with E-state index in [4.69, 9.17) is 4.74 Å². The topological polar surface area (TPSA) is 66.8 Å². The van der Waals surface area contributed by atoms with Crippen molar-refractivity contribution in [3.8, 4) is 11.5 Å². The quantitative estimate of drug-likeness (QED) is 0.740. The summed E-state index contributed by atoms with van der Waals surface area (Å²) in [5.74, 6) is 0.269. The van der Waals surface area contributed by atoms with Crippen molar-refractivity contribution >= 4 is 5.97 Å². The Bertz CT molecular complexity index is 682. The number of hydrogen-bond donors (Lipinski definition) is 2. The summed E-state index contributed by atoms with van der Waals surface area (Å²) in [5, 5.41) is 19.2. The summed E-state index contributed by atoms with van der Waals surface area (Å²) >= 11 is 0. The summed E-state index contributed by atoms with van der Waals surface area (Å²) in [5.41, 5.74) is 1.60. The number of benzene rings is 2. The summed E-state index contributed by atoms with van der Waals surface area (Å²) in [4.78, 5) is 12.3. The Labute approximate surface area is 154 Å².